The minimum Gasteiger partial charge on any atom is -0.394 e. The van der Waals surface area contributed by atoms with E-state index in [0.29, 0.717) is 0 Å². The average Bonchev–Trinajstić information content (AvgIpc) is 2.55. The summed E-state index contributed by atoms with van der Waals surface area (Å²) < 4.78 is 15.1. The molecule has 0 saturated carbocycles. The Morgan fingerprint density at radius 1 is 0.957 bits per heavy atom. The van der Waals surface area contributed by atoms with Crippen molar-refractivity contribution < 1.29 is 55.1 Å². The van der Waals surface area contributed by atoms with Gasteiger partial charge in [-0.25, -0.2) is 0 Å². The Bertz CT molecular complexity index is 393. The van der Waals surface area contributed by atoms with Gasteiger partial charge in [0.2, 0.25) is 5.79 Å². The van der Waals surface area contributed by atoms with Crippen LogP contribution in [0.5, 0.6) is 0 Å². The largest absolute Gasteiger partial charge is 0.394 e. The average molecular weight is 342 g/mol. The third-order valence-corrected chi connectivity index (χ3v) is 4.01. The molecule has 0 unspecified atom stereocenters. The summed E-state index contributed by atoms with van der Waals surface area (Å²) in [6.07, 6.45) is -12.9. The Morgan fingerprint density at radius 3 is 2.17 bits per heavy atom. The molecule has 0 aliphatic carbocycles. The summed E-state index contributed by atoms with van der Waals surface area (Å²) in [7, 11) is 0. The molecule has 0 spiro atoms. The van der Waals surface area contributed by atoms with E-state index < -0.39 is 74.6 Å². The van der Waals surface area contributed by atoms with Crippen LogP contribution in [0.15, 0.2) is 0 Å². The fourth-order valence-electron chi connectivity index (χ4n) is 2.53. The Balaban J connectivity index is 2.17. The van der Waals surface area contributed by atoms with Crippen molar-refractivity contribution in [2.24, 2.45) is 0 Å². The third kappa shape index (κ3) is 3.50. The van der Waals surface area contributed by atoms with Crippen LogP contribution in [-0.4, -0.2) is 115 Å². The minimum absolute atomic E-state index is 0.466. The molecule has 0 aromatic heterocycles. The zero-order valence-electron chi connectivity index (χ0n) is 12.0. The van der Waals surface area contributed by atoms with Crippen LogP contribution in [0.4, 0.5) is 0 Å². The molecule has 11 heteroatoms. The Labute approximate surface area is 130 Å². The number of rotatable bonds is 4. The summed E-state index contributed by atoms with van der Waals surface area (Å²) in [5.74, 6) is -2.38. The van der Waals surface area contributed by atoms with Gasteiger partial charge in [-0.2, -0.15) is 0 Å². The Hall–Kier alpha value is -0.440. The van der Waals surface area contributed by atoms with Gasteiger partial charge >= 0.3 is 0 Å². The van der Waals surface area contributed by atoms with Crippen molar-refractivity contribution in [1.82, 2.24) is 0 Å². The van der Waals surface area contributed by atoms with Crippen LogP contribution in [0.2, 0.25) is 0 Å². The van der Waals surface area contributed by atoms with Crippen LogP contribution in [0.1, 0.15) is 0 Å². The highest BCUT2D eigenvalue weighted by Crippen LogP contribution is 2.30. The first-order chi connectivity index (χ1) is 10.7. The van der Waals surface area contributed by atoms with Gasteiger partial charge in [-0.05, 0) is 0 Å². The first kappa shape index (κ1) is 18.9. The molecule has 2 fully saturated rings. The lowest BCUT2D eigenvalue weighted by Crippen LogP contribution is -2.67. The highest BCUT2D eigenvalue weighted by atomic mass is 16.7. The number of aliphatic hydroxyl groups excluding tert-OH is 7. The van der Waals surface area contributed by atoms with E-state index in [0.717, 1.165) is 0 Å². The molecule has 2 heterocycles. The summed E-state index contributed by atoms with van der Waals surface area (Å²) in [4.78, 5) is 0. The van der Waals surface area contributed by atoms with Gasteiger partial charge in [-0.3, -0.25) is 0 Å². The Kier molecular flexibility index (Phi) is 5.92. The first-order valence-electron chi connectivity index (χ1n) is 7.04. The molecule has 0 bridgehead atoms. The van der Waals surface area contributed by atoms with Gasteiger partial charge in [0.15, 0.2) is 6.29 Å². The molecule has 11 nitrogen and oxygen atoms in total. The van der Waals surface area contributed by atoms with E-state index in [2.05, 4.69) is 0 Å². The molecule has 0 amide bonds. The van der Waals surface area contributed by atoms with Crippen molar-refractivity contribution in [3.63, 3.8) is 0 Å². The maximum absolute atomic E-state index is 10.1. The van der Waals surface area contributed by atoms with Gasteiger partial charge in [-0.1, -0.05) is 0 Å². The van der Waals surface area contributed by atoms with Crippen LogP contribution in [-0.2, 0) is 14.2 Å². The fraction of sp³-hybridized carbons (Fsp3) is 1.00. The van der Waals surface area contributed by atoms with Crippen molar-refractivity contribution in [2.75, 3.05) is 19.8 Å². The van der Waals surface area contributed by atoms with Gasteiger partial charge in [-0.15, -0.1) is 0 Å². The molecule has 2 rings (SSSR count). The van der Waals surface area contributed by atoms with Crippen LogP contribution in [0.25, 0.3) is 0 Å². The predicted octanol–water partition coefficient (Wildman–Crippen LogP) is -5.40. The topological polar surface area (TPSA) is 190 Å². The standard InChI is InChI=1S/C12H22O11/c13-1-5-7(17)8(18)9(19)11(22-5)23-10-6(16)4(15)2-21-12(10,20)3-14/h4-11,13-20H,1-3H2/t4-,5-,6+,7-,8+,9-,10-,11+,12+/m0/s1. The zero-order valence-corrected chi connectivity index (χ0v) is 12.0. The number of aliphatic hydroxyl groups is 8. The maximum atomic E-state index is 10.1. The lowest BCUT2D eigenvalue weighted by Gasteiger charge is -2.47. The summed E-state index contributed by atoms with van der Waals surface area (Å²) in [6, 6.07) is 0. The lowest BCUT2D eigenvalue weighted by molar-refractivity contribution is -0.387. The minimum atomic E-state index is -2.38. The smallest absolute Gasteiger partial charge is 0.219 e. The lowest BCUT2D eigenvalue weighted by atomic mass is 9.96. The predicted molar refractivity (Wildman–Crippen MR) is 68.6 cm³/mol. The van der Waals surface area contributed by atoms with Crippen LogP contribution < -0.4 is 0 Å². The second-order valence-electron chi connectivity index (χ2n) is 5.63. The monoisotopic (exact) mass is 342 g/mol. The molecule has 9 atom stereocenters. The van der Waals surface area contributed by atoms with Gasteiger partial charge in [0.1, 0.15) is 42.7 Å². The van der Waals surface area contributed by atoms with E-state index in [1.807, 2.05) is 0 Å². The summed E-state index contributed by atoms with van der Waals surface area (Å²) in [5.41, 5.74) is 0. The van der Waals surface area contributed by atoms with Crippen LogP contribution >= 0.6 is 0 Å². The third-order valence-electron chi connectivity index (χ3n) is 4.01. The first-order valence-corrected chi connectivity index (χ1v) is 7.04. The molecule has 0 radical (unpaired) electrons. The molecule has 2 saturated heterocycles. The van der Waals surface area contributed by atoms with Gasteiger partial charge < -0.3 is 55.1 Å². The quantitative estimate of drug-likeness (QED) is 0.243. The normalized spacial score (nSPS) is 51.7. The molecule has 0 aromatic rings. The van der Waals surface area contributed by atoms with E-state index in [1.165, 1.54) is 0 Å². The van der Waals surface area contributed by atoms with Gasteiger partial charge in [0.25, 0.3) is 0 Å². The van der Waals surface area contributed by atoms with Crippen LogP contribution in [0.3, 0.4) is 0 Å². The molecule has 23 heavy (non-hydrogen) atoms. The van der Waals surface area contributed by atoms with Gasteiger partial charge in [0.05, 0.1) is 19.8 Å². The SMILES string of the molecule is OC[C@@H]1O[C@H](O[C@H]2[C@H](O)[C@@H](O)CO[C@]2(O)CO)[C@@H](O)[C@H](O)[C@H]1O. The number of hydrogen-bond acceptors (Lipinski definition) is 11. The molecular formula is C12H22O11. The highest BCUT2D eigenvalue weighted by molar-refractivity contribution is 4.95. The Morgan fingerprint density at radius 2 is 1.61 bits per heavy atom. The zero-order chi connectivity index (χ0) is 17.4. The fourth-order valence-corrected chi connectivity index (χ4v) is 2.53. The van der Waals surface area contributed by atoms with Crippen molar-refractivity contribution >= 4 is 0 Å². The van der Waals surface area contributed by atoms with E-state index in [4.69, 9.17) is 19.3 Å². The second kappa shape index (κ2) is 7.21. The molecule has 0 aromatic carbocycles. The summed E-state index contributed by atoms with van der Waals surface area (Å²) in [6.45, 7) is -2.15. The molecule has 8 N–H and O–H groups in total. The molecule has 2 aliphatic heterocycles. The van der Waals surface area contributed by atoms with E-state index >= 15 is 0 Å². The molecule has 136 valence electrons. The molecular weight excluding hydrogens is 320 g/mol. The summed E-state index contributed by atoms with van der Waals surface area (Å²) >= 11 is 0. The second-order valence-corrected chi connectivity index (χ2v) is 5.63. The van der Waals surface area contributed by atoms with Crippen molar-refractivity contribution in [3.8, 4) is 0 Å². The van der Waals surface area contributed by atoms with E-state index in [-0.39, 0.29) is 0 Å². The van der Waals surface area contributed by atoms with E-state index in [1.54, 1.807) is 0 Å². The number of ether oxygens (including phenoxy) is 3. The summed E-state index contributed by atoms with van der Waals surface area (Å²) in [5, 5.41) is 77.2. The van der Waals surface area contributed by atoms with Crippen molar-refractivity contribution in [1.29, 1.82) is 0 Å². The molecule has 2 aliphatic rings. The number of hydrogen-bond donors (Lipinski definition) is 8. The van der Waals surface area contributed by atoms with E-state index in [9.17, 15) is 35.7 Å². The van der Waals surface area contributed by atoms with Crippen molar-refractivity contribution in [3.05, 3.63) is 0 Å². The van der Waals surface area contributed by atoms with Crippen LogP contribution in [0, 0.1) is 0 Å². The highest BCUT2D eigenvalue weighted by Gasteiger charge is 2.53. The van der Waals surface area contributed by atoms with Crippen molar-refractivity contribution in [2.45, 2.75) is 54.8 Å². The maximum Gasteiger partial charge on any atom is 0.219 e. The van der Waals surface area contributed by atoms with Gasteiger partial charge in [0, 0.05) is 0 Å².